The Hall–Kier alpha value is -9.14. The van der Waals surface area contributed by atoms with Crippen LogP contribution in [0.2, 0.25) is 0 Å². The van der Waals surface area contributed by atoms with Crippen LogP contribution in [-0.4, -0.2) is 193 Å². The molecule has 4 aromatic heterocycles. The van der Waals surface area contributed by atoms with Gasteiger partial charge in [-0.3, -0.25) is 25.0 Å². The molecular weight excluding hydrogens is 1060 g/mol. The number of aromatic amines is 2. The number of fused-ring (bicyclic) bond motifs is 2. The van der Waals surface area contributed by atoms with Crippen molar-refractivity contribution in [2.75, 3.05) is 136 Å². The van der Waals surface area contributed by atoms with Gasteiger partial charge in [0.15, 0.2) is 0 Å². The van der Waals surface area contributed by atoms with Gasteiger partial charge in [0.2, 0.25) is 11.9 Å². The van der Waals surface area contributed by atoms with Crippen LogP contribution in [0.15, 0.2) is 97.3 Å². The van der Waals surface area contributed by atoms with Crippen LogP contribution in [0.5, 0.6) is 0 Å². The van der Waals surface area contributed by atoms with Crippen LogP contribution in [-0.2, 0) is 4.74 Å². The quantitative estimate of drug-likeness (QED) is 0.0191. The number of hydrogen-bond acceptors (Lipinski definition) is 20. The van der Waals surface area contributed by atoms with Gasteiger partial charge in [-0.25, -0.2) is 24.7 Å². The number of amides is 1. The van der Waals surface area contributed by atoms with Gasteiger partial charge in [0.25, 0.3) is 17.3 Å². The number of hydrogen-bond donors (Lipinski definition) is 7. The molecule has 83 heavy (non-hydrogen) atoms. The van der Waals surface area contributed by atoms with Crippen molar-refractivity contribution < 1.29 is 37.4 Å². The minimum atomic E-state index is -0.514. The van der Waals surface area contributed by atoms with Gasteiger partial charge in [-0.05, 0) is 96.6 Å². The molecule has 0 unspecified atom stereocenters. The molecule has 25 heteroatoms. The van der Waals surface area contributed by atoms with E-state index in [2.05, 4.69) is 45.9 Å². The SMILES string of the molecule is C.CNCCO.COC(=O)c1[nH]c2ccccc2c1-c1ccnc(Nc2cc([N+](=O)[O-])c(N(C)CCN(C)C)cc2C)n1.Cc1cc(N(C)CCN(C)C)c([N+](=O)[O-])cc1Nc1nccc(-c2c(C(=O)N(C)CCO)[nH]c3ccccc23)n1.[2H][2H]. The number of aliphatic hydroxyl groups excluding tert-OH is 2. The summed E-state index contributed by atoms with van der Waals surface area (Å²) < 4.78 is 15.0. The van der Waals surface area contributed by atoms with Gasteiger partial charge < -0.3 is 65.4 Å². The molecule has 7 N–H and O–H groups in total. The first-order valence-electron chi connectivity index (χ1n) is 27.1. The molecule has 4 aromatic carbocycles. The summed E-state index contributed by atoms with van der Waals surface area (Å²) in [5, 5.41) is 51.8. The van der Waals surface area contributed by atoms with Crippen LogP contribution in [0, 0.1) is 34.1 Å². The van der Waals surface area contributed by atoms with Crippen LogP contribution < -0.4 is 25.8 Å². The van der Waals surface area contributed by atoms with Crippen LogP contribution in [0.3, 0.4) is 0 Å². The first-order valence-corrected chi connectivity index (χ1v) is 26.1. The molecule has 0 aliphatic carbocycles. The highest BCUT2D eigenvalue weighted by Gasteiger charge is 2.26. The summed E-state index contributed by atoms with van der Waals surface area (Å²) >= 11 is 0. The number of carbonyl (C=O) groups is 2. The third-order valence-electron chi connectivity index (χ3n) is 13.1. The highest BCUT2D eigenvalue weighted by atomic mass is 16.6. The number of likely N-dealkylation sites (N-methyl/N-ethyl adjacent to an activating group) is 6. The van der Waals surface area contributed by atoms with E-state index in [9.17, 15) is 34.9 Å². The van der Waals surface area contributed by atoms with Gasteiger partial charge in [0, 0.05) is 121 Å². The number of rotatable bonds is 22. The van der Waals surface area contributed by atoms with Crippen molar-refractivity contribution in [1.82, 2.24) is 49.9 Å². The van der Waals surface area contributed by atoms with E-state index in [-0.39, 0.29) is 62.1 Å². The van der Waals surface area contributed by atoms with Crippen LogP contribution in [0.25, 0.3) is 44.3 Å². The van der Waals surface area contributed by atoms with Gasteiger partial charge in [0.05, 0.1) is 52.9 Å². The number of H-pyrrole nitrogens is 2. The van der Waals surface area contributed by atoms with Crippen molar-refractivity contribution in [3.63, 3.8) is 0 Å². The predicted molar refractivity (Wildman–Crippen MR) is 330 cm³/mol. The van der Waals surface area contributed by atoms with Gasteiger partial charge in [0.1, 0.15) is 22.8 Å². The fourth-order valence-corrected chi connectivity index (χ4v) is 8.62. The molecule has 1 amide bonds. The Morgan fingerprint density at radius 3 is 1.47 bits per heavy atom. The number of esters is 1. The number of methoxy groups -OCH3 is 1. The van der Waals surface area contributed by atoms with Crippen molar-refractivity contribution in [3.8, 4) is 22.5 Å². The largest absolute Gasteiger partial charge is 0.464 e. The minimum Gasteiger partial charge on any atom is -0.464 e. The van der Waals surface area contributed by atoms with E-state index in [1.165, 1.54) is 24.1 Å². The second kappa shape index (κ2) is 30.1. The second-order valence-corrected chi connectivity index (χ2v) is 19.7. The molecule has 4 heterocycles. The van der Waals surface area contributed by atoms with Gasteiger partial charge in [-0.1, -0.05) is 43.8 Å². The number of nitro benzene ring substituents is 2. The third kappa shape index (κ3) is 16.3. The number of nitrogens with one attached hydrogen (secondary N) is 5. The monoisotopic (exact) mass is 1140 g/mol. The molecule has 0 spiro atoms. The van der Waals surface area contributed by atoms with Gasteiger partial charge in [-0.2, -0.15) is 0 Å². The highest BCUT2D eigenvalue weighted by molar-refractivity contribution is 6.09. The van der Waals surface area contributed by atoms with Crippen LogP contribution in [0.1, 0.15) is 42.5 Å². The maximum absolute atomic E-state index is 13.2. The number of carbonyl (C=O) groups excluding carboxylic acids is 2. The number of anilines is 6. The molecule has 0 aliphatic heterocycles. The lowest BCUT2D eigenvalue weighted by molar-refractivity contribution is -0.384. The molecule has 0 atom stereocenters. The Bertz CT molecular complexity index is 3520. The fourth-order valence-electron chi connectivity index (χ4n) is 8.62. The number of benzene rings is 4. The van der Waals surface area contributed by atoms with Gasteiger partial charge >= 0.3 is 5.97 Å². The van der Waals surface area contributed by atoms with Crippen molar-refractivity contribution in [2.24, 2.45) is 0 Å². The average Bonchev–Trinajstić information content (AvgIpc) is 4.11. The Morgan fingerprint density at radius 1 is 0.651 bits per heavy atom. The highest BCUT2D eigenvalue weighted by Crippen LogP contribution is 2.38. The number of nitrogens with zero attached hydrogens (tertiary/aromatic N) is 11. The zero-order valence-corrected chi connectivity index (χ0v) is 48.1. The molecule has 0 fully saturated rings. The summed E-state index contributed by atoms with van der Waals surface area (Å²) in [6, 6.07) is 25.0. The maximum atomic E-state index is 13.2. The van der Waals surface area contributed by atoms with E-state index in [1.807, 2.05) is 124 Å². The smallest absolute Gasteiger partial charge is 0.355 e. The Balaban J connectivity index is 0.000000326. The zero-order chi connectivity index (χ0) is 61.8. The minimum absolute atomic E-state index is 0. The Morgan fingerprint density at radius 2 is 1.08 bits per heavy atom. The summed E-state index contributed by atoms with van der Waals surface area (Å²) in [6.07, 6.45) is 3.14. The summed E-state index contributed by atoms with van der Waals surface area (Å²) in [7, 11) is 16.2. The number of aryl methyl sites for hydroxylation is 2. The molecule has 0 bridgehead atoms. The number of nitro groups is 2. The topological polar surface area (TPSA) is 306 Å². The van der Waals surface area contributed by atoms with E-state index in [0.717, 1.165) is 46.0 Å². The molecule has 444 valence electrons. The maximum Gasteiger partial charge on any atom is 0.355 e. The van der Waals surface area contributed by atoms with Crippen molar-refractivity contribution in [3.05, 3.63) is 140 Å². The zero-order valence-electron chi connectivity index (χ0n) is 50.1. The van der Waals surface area contributed by atoms with Crippen molar-refractivity contribution in [2.45, 2.75) is 21.3 Å². The molecular formula is C58H78N16O9. The van der Waals surface area contributed by atoms with E-state index in [0.29, 0.717) is 70.6 Å². The summed E-state index contributed by atoms with van der Waals surface area (Å²) in [5.74, 6) is -0.325. The first-order chi connectivity index (χ1) is 40.2. The second-order valence-electron chi connectivity index (χ2n) is 19.7. The van der Waals surface area contributed by atoms with Crippen LogP contribution in [0.4, 0.5) is 46.0 Å². The lowest BCUT2D eigenvalue weighted by Gasteiger charge is -2.22. The Labute approximate surface area is 485 Å². The number of aliphatic hydroxyl groups is 2. The summed E-state index contributed by atoms with van der Waals surface area (Å²) in [5.41, 5.74) is 8.00. The molecule has 25 nitrogen and oxygen atoms in total. The van der Waals surface area contributed by atoms with E-state index < -0.39 is 15.8 Å². The fraction of sp³-hybridized carbons (Fsp3) is 0.345. The van der Waals surface area contributed by atoms with E-state index in [4.69, 9.17) is 12.8 Å². The lowest BCUT2D eigenvalue weighted by Crippen LogP contribution is -2.30. The molecule has 0 saturated heterocycles. The number of para-hydroxylation sites is 2. The normalized spacial score (nSPS) is 10.9. The van der Waals surface area contributed by atoms with E-state index in [1.54, 1.807) is 50.8 Å². The molecule has 8 aromatic rings. The molecule has 0 aliphatic rings. The predicted octanol–water partition coefficient (Wildman–Crippen LogP) is 8.10. The number of ether oxygens (including phenoxy) is 1. The van der Waals surface area contributed by atoms with Crippen molar-refractivity contribution in [1.29, 1.82) is 0 Å². The Kier molecular flexibility index (Phi) is 22.8. The summed E-state index contributed by atoms with van der Waals surface area (Å²) in [6.45, 7) is 7.47. The number of aromatic nitrogens is 6. The summed E-state index contributed by atoms with van der Waals surface area (Å²) in [4.78, 5) is 82.3. The third-order valence-corrected chi connectivity index (χ3v) is 13.1. The van der Waals surface area contributed by atoms with Gasteiger partial charge in [-0.15, -0.1) is 0 Å². The standard InChI is InChI=1S/C28H34N8O4.C26H29N7O4.C3H9NO.CH4.H2/c1-18-16-23(34(4)13-12-33(2)3)24(36(39)40)17-22(18)32-28-29-11-10-21(31-28)25-19-8-6-7-9-20(19)30-26(25)27(38)35(5)14-15-37;1-16-14-21(32(4)13-12-31(2)3)22(33(35)36)15-20(16)30-26-27-11-10-19(29-26)23-17-8-6-7-9-18(17)28-24(23)25(34)37-5;1-4-2-3-5;;/h6-11,16-17,30,37H,12-15H2,1-5H3,(H,29,31,32);6-11,14-15,28H,12-13H2,1-5H3,(H,27,29,30);4-5H,2-3H2,1H3;1H4;1H/i;;;;1+1D. The van der Waals surface area contributed by atoms with Crippen LogP contribution >= 0.6 is 0 Å². The van der Waals surface area contributed by atoms with E-state index >= 15 is 0 Å². The first kappa shape index (κ1) is 63.0. The van der Waals surface area contributed by atoms with Crippen molar-refractivity contribution >= 4 is 79.7 Å². The molecule has 0 radical (unpaired) electrons. The lowest BCUT2D eigenvalue weighted by atomic mass is 10.1. The molecule has 8 rings (SSSR count). The molecule has 0 saturated carbocycles. The average molecular weight is 1150 g/mol.